The van der Waals surface area contributed by atoms with Crippen molar-refractivity contribution in [1.82, 2.24) is 25.5 Å². The van der Waals surface area contributed by atoms with Gasteiger partial charge in [-0.15, -0.1) is 10.2 Å². The number of esters is 1. The molecule has 7 nitrogen and oxygen atoms in total. The molecule has 0 saturated carbocycles. The maximum absolute atomic E-state index is 12.1. The lowest BCUT2D eigenvalue weighted by Crippen LogP contribution is -2.43. The summed E-state index contributed by atoms with van der Waals surface area (Å²) in [5.41, 5.74) is 0.997. The van der Waals surface area contributed by atoms with Crippen LogP contribution in [0.1, 0.15) is 39.4 Å². The molecule has 2 rings (SSSR count). The number of tetrazole rings is 1. The third-order valence-electron chi connectivity index (χ3n) is 3.64. The molecular formula is C14H23N5O2. The van der Waals surface area contributed by atoms with E-state index in [2.05, 4.69) is 45.4 Å². The van der Waals surface area contributed by atoms with Crippen LogP contribution < -0.4 is 0 Å². The first-order chi connectivity index (χ1) is 10.1. The average Bonchev–Trinajstić information content (AvgIpc) is 3.00. The van der Waals surface area contributed by atoms with Gasteiger partial charge in [-0.3, -0.25) is 9.69 Å². The van der Waals surface area contributed by atoms with Crippen molar-refractivity contribution in [3.05, 3.63) is 11.9 Å². The Morgan fingerprint density at radius 3 is 2.95 bits per heavy atom. The van der Waals surface area contributed by atoms with Gasteiger partial charge in [0, 0.05) is 18.7 Å². The van der Waals surface area contributed by atoms with Gasteiger partial charge in [-0.1, -0.05) is 19.9 Å². The maximum Gasteiger partial charge on any atom is 0.323 e. The fourth-order valence-electron chi connectivity index (χ4n) is 2.22. The lowest BCUT2D eigenvalue weighted by Gasteiger charge is -2.30. The maximum atomic E-state index is 12.1. The van der Waals surface area contributed by atoms with E-state index in [4.69, 9.17) is 4.74 Å². The number of carbonyl (C=O) groups is 1. The van der Waals surface area contributed by atoms with Crippen LogP contribution >= 0.6 is 0 Å². The zero-order valence-electron chi connectivity index (χ0n) is 12.9. The van der Waals surface area contributed by atoms with Gasteiger partial charge in [0.05, 0.1) is 6.61 Å². The number of H-pyrrole nitrogens is 1. The second kappa shape index (κ2) is 7.31. The predicted molar refractivity (Wildman–Crippen MR) is 78.2 cm³/mol. The summed E-state index contributed by atoms with van der Waals surface area (Å²) in [6.45, 7) is 8.08. The molecule has 1 aromatic rings. The standard InChI is InChI=1S/C14H23N5O2/c1-10(2)6-8-21-14(20)11(3)19-7-4-5-12(9-19)13-15-17-18-16-13/h5,10-11H,4,6-9H2,1-3H3,(H,15,16,17,18). The number of nitrogens with zero attached hydrogens (tertiary/aromatic N) is 4. The smallest absolute Gasteiger partial charge is 0.323 e. The third kappa shape index (κ3) is 4.35. The molecule has 1 atom stereocenters. The van der Waals surface area contributed by atoms with E-state index in [0.29, 0.717) is 24.9 Å². The van der Waals surface area contributed by atoms with Gasteiger partial charge in [0.2, 0.25) is 5.82 Å². The summed E-state index contributed by atoms with van der Waals surface area (Å²) in [4.78, 5) is 14.2. The van der Waals surface area contributed by atoms with Gasteiger partial charge in [-0.2, -0.15) is 5.21 Å². The summed E-state index contributed by atoms with van der Waals surface area (Å²) >= 11 is 0. The molecule has 21 heavy (non-hydrogen) atoms. The van der Waals surface area contributed by atoms with Crippen LogP contribution in [-0.4, -0.2) is 57.2 Å². The molecule has 1 N–H and O–H groups in total. The molecule has 1 aromatic heterocycles. The van der Waals surface area contributed by atoms with Gasteiger partial charge >= 0.3 is 5.97 Å². The molecule has 0 amide bonds. The number of rotatable bonds is 6. The topological polar surface area (TPSA) is 84.0 Å². The van der Waals surface area contributed by atoms with Crippen LogP contribution in [0.3, 0.4) is 0 Å². The third-order valence-corrected chi connectivity index (χ3v) is 3.64. The van der Waals surface area contributed by atoms with Gasteiger partial charge in [-0.05, 0) is 30.9 Å². The molecule has 0 saturated heterocycles. The SMILES string of the molecule is CC(C)CCOC(=O)C(C)N1CCC=C(c2nn[nH]n2)C1. The monoisotopic (exact) mass is 293 g/mol. The average molecular weight is 293 g/mol. The van der Waals surface area contributed by atoms with Crippen LogP contribution in [0, 0.1) is 5.92 Å². The van der Waals surface area contributed by atoms with Crippen molar-refractivity contribution in [3.63, 3.8) is 0 Å². The largest absolute Gasteiger partial charge is 0.465 e. The molecule has 116 valence electrons. The minimum Gasteiger partial charge on any atom is -0.465 e. The molecule has 0 spiro atoms. The van der Waals surface area contributed by atoms with Gasteiger partial charge < -0.3 is 4.74 Å². The molecule has 0 fully saturated rings. The Bertz CT molecular complexity index is 484. The summed E-state index contributed by atoms with van der Waals surface area (Å²) in [6.07, 6.45) is 3.86. The number of hydrogen-bond donors (Lipinski definition) is 1. The molecule has 1 unspecified atom stereocenters. The molecule has 2 heterocycles. The number of aromatic nitrogens is 4. The predicted octanol–water partition coefficient (Wildman–Crippen LogP) is 1.27. The van der Waals surface area contributed by atoms with Crippen molar-refractivity contribution < 1.29 is 9.53 Å². The van der Waals surface area contributed by atoms with E-state index in [9.17, 15) is 4.79 Å². The van der Waals surface area contributed by atoms with Gasteiger partial charge in [-0.25, -0.2) is 0 Å². The van der Waals surface area contributed by atoms with Crippen molar-refractivity contribution in [2.75, 3.05) is 19.7 Å². The lowest BCUT2D eigenvalue weighted by atomic mass is 10.1. The van der Waals surface area contributed by atoms with E-state index in [-0.39, 0.29) is 12.0 Å². The second-order valence-corrected chi connectivity index (χ2v) is 5.75. The van der Waals surface area contributed by atoms with E-state index < -0.39 is 0 Å². The molecule has 1 aliphatic heterocycles. The highest BCUT2D eigenvalue weighted by Gasteiger charge is 2.26. The van der Waals surface area contributed by atoms with Crippen molar-refractivity contribution in [2.24, 2.45) is 5.92 Å². The van der Waals surface area contributed by atoms with Gasteiger partial charge in [0.25, 0.3) is 0 Å². The molecule has 7 heteroatoms. The Kier molecular flexibility index (Phi) is 5.44. The molecule has 1 aliphatic rings. The number of carbonyl (C=O) groups excluding carboxylic acids is 1. The van der Waals surface area contributed by atoms with Crippen molar-refractivity contribution in [1.29, 1.82) is 0 Å². The van der Waals surface area contributed by atoms with Crippen molar-refractivity contribution in [3.8, 4) is 0 Å². The molecule has 0 aliphatic carbocycles. The Balaban J connectivity index is 1.87. The number of hydrogen-bond acceptors (Lipinski definition) is 6. The number of nitrogens with one attached hydrogen (secondary N) is 1. The normalized spacial score (nSPS) is 17.6. The second-order valence-electron chi connectivity index (χ2n) is 5.75. The van der Waals surface area contributed by atoms with Crippen LogP contribution in [0.2, 0.25) is 0 Å². The highest BCUT2D eigenvalue weighted by Crippen LogP contribution is 2.19. The van der Waals surface area contributed by atoms with Crippen LogP contribution in [0.15, 0.2) is 6.08 Å². The molecule has 0 bridgehead atoms. The minimum absolute atomic E-state index is 0.162. The summed E-state index contributed by atoms with van der Waals surface area (Å²) in [5.74, 6) is 0.973. The number of ether oxygens (including phenoxy) is 1. The van der Waals surface area contributed by atoms with E-state index in [1.165, 1.54) is 0 Å². The Labute approximate surface area is 124 Å². The Hall–Kier alpha value is -1.76. The molecule has 0 radical (unpaired) electrons. The summed E-state index contributed by atoms with van der Waals surface area (Å²) in [5, 5.41) is 14.0. The first-order valence-corrected chi connectivity index (χ1v) is 7.41. The first kappa shape index (κ1) is 15.6. The highest BCUT2D eigenvalue weighted by molar-refractivity contribution is 5.76. The highest BCUT2D eigenvalue weighted by atomic mass is 16.5. The van der Waals surface area contributed by atoms with Crippen molar-refractivity contribution in [2.45, 2.75) is 39.7 Å². The Morgan fingerprint density at radius 1 is 1.48 bits per heavy atom. The van der Waals surface area contributed by atoms with Crippen LogP contribution in [-0.2, 0) is 9.53 Å². The van der Waals surface area contributed by atoms with E-state index >= 15 is 0 Å². The molecular weight excluding hydrogens is 270 g/mol. The lowest BCUT2D eigenvalue weighted by molar-refractivity contribution is -0.149. The van der Waals surface area contributed by atoms with E-state index in [1.54, 1.807) is 0 Å². The first-order valence-electron chi connectivity index (χ1n) is 7.41. The van der Waals surface area contributed by atoms with E-state index in [1.807, 2.05) is 6.92 Å². The summed E-state index contributed by atoms with van der Waals surface area (Å²) < 4.78 is 5.34. The van der Waals surface area contributed by atoms with Gasteiger partial charge in [0.1, 0.15) is 6.04 Å². The Morgan fingerprint density at radius 2 is 2.29 bits per heavy atom. The number of aromatic amines is 1. The summed E-state index contributed by atoms with van der Waals surface area (Å²) in [6, 6.07) is -0.257. The molecule has 0 aromatic carbocycles. The van der Waals surface area contributed by atoms with Crippen molar-refractivity contribution >= 4 is 11.5 Å². The van der Waals surface area contributed by atoms with Crippen LogP contribution in [0.25, 0.3) is 5.57 Å². The zero-order chi connectivity index (χ0) is 15.2. The fraction of sp³-hybridized carbons (Fsp3) is 0.714. The minimum atomic E-state index is -0.257. The fourth-order valence-corrected chi connectivity index (χ4v) is 2.22. The zero-order valence-corrected chi connectivity index (χ0v) is 12.9. The summed E-state index contributed by atoms with van der Waals surface area (Å²) in [7, 11) is 0. The van der Waals surface area contributed by atoms with Crippen LogP contribution in [0.5, 0.6) is 0 Å². The quantitative estimate of drug-likeness (QED) is 0.795. The van der Waals surface area contributed by atoms with Crippen LogP contribution in [0.4, 0.5) is 0 Å². The van der Waals surface area contributed by atoms with Gasteiger partial charge in [0.15, 0.2) is 0 Å². The van der Waals surface area contributed by atoms with E-state index in [0.717, 1.165) is 25.0 Å².